The zero-order valence-corrected chi connectivity index (χ0v) is 23.5. The smallest absolute Gasteiger partial charge is 0.303 e. The number of aromatic nitrogens is 4. The third kappa shape index (κ3) is 6.10. The van der Waals surface area contributed by atoms with Crippen molar-refractivity contribution in [1.82, 2.24) is 30.6 Å². The van der Waals surface area contributed by atoms with Gasteiger partial charge >= 0.3 is 11.9 Å². The van der Waals surface area contributed by atoms with Crippen LogP contribution in [-0.4, -0.2) is 68.3 Å². The summed E-state index contributed by atoms with van der Waals surface area (Å²) in [7, 11) is 0. The van der Waals surface area contributed by atoms with Crippen LogP contribution in [0.25, 0.3) is 22.1 Å². The molecule has 2 saturated heterocycles. The summed E-state index contributed by atoms with van der Waals surface area (Å²) in [4.78, 5) is 37.4. The highest BCUT2D eigenvalue weighted by molar-refractivity contribution is 5.78. The van der Waals surface area contributed by atoms with Crippen LogP contribution in [0.4, 0.5) is 0 Å². The van der Waals surface area contributed by atoms with Gasteiger partial charge in [0, 0.05) is 63.8 Å². The van der Waals surface area contributed by atoms with E-state index in [1.165, 1.54) is 35.1 Å². The minimum atomic E-state index is -0.870. The number of nitrogens with one attached hydrogen (secondary N) is 2. The maximum atomic E-state index is 9.90. The summed E-state index contributed by atoms with van der Waals surface area (Å²) in [6, 6.07) is 8.98. The molecule has 0 amide bonds. The maximum absolute atomic E-state index is 9.90. The van der Waals surface area contributed by atoms with E-state index in [4.69, 9.17) is 10.2 Å². The van der Waals surface area contributed by atoms with Gasteiger partial charge in [0.15, 0.2) is 0 Å². The standard InChI is InChI=1S/2C13H13N3.C6H10O4/c2*1-2-16-13-5-11-9-3-8(6-14-7-9)10(11)4-12(13)15-1;7-5(8)3-1-2-4-6(9)10/h2*1-2,4-5,8-9,14H,3,6-7H2;1-4H2,(H,7,8)(H,9,10)/t2*8-,9-;/m11./s1. The average molecular weight is 569 g/mol. The van der Waals surface area contributed by atoms with Crippen LogP contribution in [0.1, 0.15) is 84.5 Å². The minimum Gasteiger partial charge on any atom is -0.481 e. The Morgan fingerprint density at radius 3 is 1.12 bits per heavy atom. The van der Waals surface area contributed by atoms with Crippen LogP contribution in [-0.2, 0) is 9.59 Å². The fourth-order valence-corrected chi connectivity index (χ4v) is 6.88. The second-order valence-corrected chi connectivity index (χ2v) is 11.6. The Morgan fingerprint density at radius 2 is 0.857 bits per heavy atom. The molecular weight excluding hydrogens is 532 g/mol. The molecule has 4 atom stereocenters. The van der Waals surface area contributed by atoms with Crippen LogP contribution < -0.4 is 10.6 Å². The van der Waals surface area contributed by atoms with Crippen LogP contribution >= 0.6 is 0 Å². The van der Waals surface area contributed by atoms with E-state index >= 15 is 0 Å². The molecule has 4 aromatic rings. The van der Waals surface area contributed by atoms with Gasteiger partial charge < -0.3 is 20.8 Å². The van der Waals surface area contributed by atoms with Crippen molar-refractivity contribution in [3.8, 4) is 0 Å². The van der Waals surface area contributed by atoms with Gasteiger partial charge in [-0.1, -0.05) is 0 Å². The second-order valence-electron chi connectivity index (χ2n) is 11.6. The van der Waals surface area contributed by atoms with Crippen LogP contribution in [0.5, 0.6) is 0 Å². The summed E-state index contributed by atoms with van der Waals surface area (Å²) >= 11 is 0. The number of fused-ring (bicyclic) bond motifs is 12. The number of aliphatic carboxylic acids is 2. The van der Waals surface area contributed by atoms with Gasteiger partial charge in [0.05, 0.1) is 22.1 Å². The van der Waals surface area contributed by atoms with E-state index in [1.807, 2.05) is 0 Å². The summed E-state index contributed by atoms with van der Waals surface area (Å²) in [6.07, 6.45) is 10.7. The van der Waals surface area contributed by atoms with Crippen molar-refractivity contribution < 1.29 is 19.8 Å². The van der Waals surface area contributed by atoms with E-state index in [1.54, 1.807) is 24.8 Å². The van der Waals surface area contributed by atoms with E-state index in [0.29, 0.717) is 36.5 Å². The molecule has 2 aliphatic carbocycles. The quantitative estimate of drug-likeness (QED) is 0.256. The highest BCUT2D eigenvalue weighted by Gasteiger charge is 2.35. The molecule has 4 aliphatic rings. The molecule has 10 nitrogen and oxygen atoms in total. The summed E-state index contributed by atoms with van der Waals surface area (Å²) in [5.74, 6) is 1.04. The molecule has 0 spiro atoms. The number of carbonyl (C=O) groups is 2. The molecule has 218 valence electrons. The van der Waals surface area contributed by atoms with Crippen LogP contribution in [0.3, 0.4) is 0 Å². The lowest BCUT2D eigenvalue weighted by atomic mass is 9.98. The molecule has 0 unspecified atom stereocenters. The molecule has 2 aromatic carbocycles. The predicted octanol–water partition coefficient (Wildman–Crippen LogP) is 4.32. The summed E-state index contributed by atoms with van der Waals surface area (Å²) in [6.45, 7) is 4.48. The molecule has 2 aromatic heterocycles. The Kier molecular flexibility index (Phi) is 8.34. The monoisotopic (exact) mass is 568 g/mol. The maximum Gasteiger partial charge on any atom is 0.303 e. The summed E-state index contributed by atoms with van der Waals surface area (Å²) in [5, 5.41) is 23.3. The van der Waals surface area contributed by atoms with Crippen molar-refractivity contribution >= 4 is 34.0 Å². The molecule has 2 fully saturated rings. The lowest BCUT2D eigenvalue weighted by Crippen LogP contribution is -2.28. The molecule has 10 heteroatoms. The molecule has 4 N–H and O–H groups in total. The fourth-order valence-electron chi connectivity index (χ4n) is 6.88. The fraction of sp³-hybridized carbons (Fsp3) is 0.438. The Bertz CT molecular complexity index is 1390. The Labute approximate surface area is 244 Å². The molecule has 42 heavy (non-hydrogen) atoms. The van der Waals surface area contributed by atoms with Gasteiger partial charge in [-0.05, 0) is 95.9 Å². The van der Waals surface area contributed by atoms with Crippen molar-refractivity contribution in [3.63, 3.8) is 0 Å². The Balaban J connectivity index is 0.000000117. The average Bonchev–Trinajstić information content (AvgIpc) is 3.39. The van der Waals surface area contributed by atoms with Crippen LogP contribution in [0.15, 0.2) is 49.1 Å². The van der Waals surface area contributed by atoms with Crippen molar-refractivity contribution in [1.29, 1.82) is 0 Å². The Hall–Kier alpha value is -4.02. The first-order valence-electron chi connectivity index (χ1n) is 14.8. The van der Waals surface area contributed by atoms with Gasteiger partial charge in [0.1, 0.15) is 0 Å². The third-order valence-corrected chi connectivity index (χ3v) is 8.84. The third-order valence-electron chi connectivity index (χ3n) is 8.84. The number of benzene rings is 2. The highest BCUT2D eigenvalue weighted by Crippen LogP contribution is 2.45. The molecule has 0 radical (unpaired) electrons. The van der Waals surface area contributed by atoms with Crippen LogP contribution in [0.2, 0.25) is 0 Å². The van der Waals surface area contributed by atoms with E-state index in [0.717, 1.165) is 48.2 Å². The number of carboxylic acid groups (broad SMARTS) is 2. The van der Waals surface area contributed by atoms with Crippen LogP contribution in [0, 0.1) is 0 Å². The zero-order valence-electron chi connectivity index (χ0n) is 23.5. The number of nitrogens with zero attached hydrogens (tertiary/aromatic N) is 4. The summed E-state index contributed by atoms with van der Waals surface area (Å²) < 4.78 is 0. The predicted molar refractivity (Wildman–Crippen MR) is 159 cm³/mol. The van der Waals surface area contributed by atoms with E-state index < -0.39 is 11.9 Å². The van der Waals surface area contributed by atoms with Crippen molar-refractivity contribution in [2.75, 3.05) is 26.2 Å². The van der Waals surface area contributed by atoms with Gasteiger partial charge in [0.2, 0.25) is 0 Å². The molecule has 0 saturated carbocycles. The highest BCUT2D eigenvalue weighted by atomic mass is 16.4. The van der Waals surface area contributed by atoms with Gasteiger partial charge in [-0.3, -0.25) is 29.5 Å². The first kappa shape index (κ1) is 28.1. The van der Waals surface area contributed by atoms with E-state index in [9.17, 15) is 9.59 Å². The topological polar surface area (TPSA) is 150 Å². The number of carboxylic acids is 2. The molecule has 8 rings (SSSR count). The molecule has 2 aliphatic heterocycles. The van der Waals surface area contributed by atoms with Gasteiger partial charge in [-0.2, -0.15) is 0 Å². The zero-order chi connectivity index (χ0) is 29.1. The van der Waals surface area contributed by atoms with E-state index in [2.05, 4.69) is 54.8 Å². The lowest BCUT2D eigenvalue weighted by molar-refractivity contribution is -0.139. The molecular formula is C32H36N6O4. The van der Waals surface area contributed by atoms with Gasteiger partial charge in [0.25, 0.3) is 0 Å². The number of hydrogen-bond donors (Lipinski definition) is 4. The first-order valence-corrected chi connectivity index (χ1v) is 14.8. The SMILES string of the molecule is O=C(O)CCCCC(=O)O.c1cnc2cc3c(cc2n1)[C@H]1CNC[C@H]3C1.c1cnc2cc3c(cc2n1)[C@H]1CNC[C@H]3C1. The number of hydrogen-bond acceptors (Lipinski definition) is 8. The van der Waals surface area contributed by atoms with Crippen molar-refractivity contribution in [2.24, 2.45) is 0 Å². The first-order chi connectivity index (χ1) is 20.5. The molecule has 4 bridgehead atoms. The Morgan fingerprint density at radius 1 is 0.571 bits per heavy atom. The minimum absolute atomic E-state index is 0.0628. The van der Waals surface area contributed by atoms with Crippen molar-refractivity contribution in [3.05, 3.63) is 71.3 Å². The van der Waals surface area contributed by atoms with Gasteiger partial charge in [-0.15, -0.1) is 0 Å². The number of rotatable bonds is 5. The normalized spacial score (nSPS) is 22.8. The van der Waals surface area contributed by atoms with Gasteiger partial charge in [-0.25, -0.2) is 0 Å². The lowest BCUT2D eigenvalue weighted by Gasteiger charge is -2.19. The largest absolute Gasteiger partial charge is 0.481 e. The second kappa shape index (κ2) is 12.5. The number of piperidine rings is 2. The summed E-state index contributed by atoms with van der Waals surface area (Å²) in [5.41, 5.74) is 10.2. The number of unbranched alkanes of at least 4 members (excludes halogenated alkanes) is 1. The van der Waals surface area contributed by atoms with Crippen molar-refractivity contribution in [2.45, 2.75) is 62.2 Å². The van der Waals surface area contributed by atoms with E-state index in [-0.39, 0.29) is 12.8 Å². The molecule has 4 heterocycles.